The maximum atomic E-state index is 13.5. The van der Waals surface area contributed by atoms with Gasteiger partial charge in [0.25, 0.3) is 11.7 Å². The second kappa shape index (κ2) is 4.80. The lowest BCUT2D eigenvalue weighted by atomic mass is 10.1. The van der Waals surface area contributed by atoms with Crippen molar-refractivity contribution in [2.45, 2.75) is 26.9 Å². The number of fused-ring (bicyclic) bond motifs is 1. The summed E-state index contributed by atoms with van der Waals surface area (Å²) in [6.07, 6.45) is 3.34. The first kappa shape index (κ1) is 13.5. The average molecular weight is 287 g/mol. The van der Waals surface area contributed by atoms with Gasteiger partial charge in [-0.1, -0.05) is 0 Å². The largest absolute Gasteiger partial charge is 0.333 e. The molecule has 1 amide bonds. The van der Waals surface area contributed by atoms with Crippen molar-refractivity contribution in [3.8, 4) is 0 Å². The number of benzene rings is 1. The summed E-state index contributed by atoms with van der Waals surface area (Å²) >= 11 is 0. The lowest BCUT2D eigenvalue weighted by Gasteiger charge is -2.19. The van der Waals surface area contributed by atoms with E-state index in [2.05, 4.69) is 4.98 Å². The Morgan fingerprint density at radius 3 is 2.76 bits per heavy atom. The minimum atomic E-state index is -0.657. The number of halogens is 1. The van der Waals surface area contributed by atoms with Gasteiger partial charge in [-0.3, -0.25) is 14.5 Å². The topological polar surface area (TPSA) is 55.2 Å². The molecule has 108 valence electrons. The van der Waals surface area contributed by atoms with Crippen molar-refractivity contribution >= 4 is 17.4 Å². The predicted octanol–water partition coefficient (Wildman–Crippen LogP) is 2.08. The zero-order valence-corrected chi connectivity index (χ0v) is 11.8. The number of hydrogen-bond donors (Lipinski definition) is 0. The molecule has 0 spiro atoms. The first-order valence-corrected chi connectivity index (χ1v) is 6.68. The van der Waals surface area contributed by atoms with Gasteiger partial charge in [0.1, 0.15) is 5.82 Å². The van der Waals surface area contributed by atoms with Crippen LogP contribution in [-0.4, -0.2) is 21.2 Å². The van der Waals surface area contributed by atoms with E-state index in [0.717, 1.165) is 18.3 Å². The number of aromatic nitrogens is 2. The summed E-state index contributed by atoms with van der Waals surface area (Å²) in [5.41, 5.74) is 2.04. The maximum absolute atomic E-state index is 13.5. The molecule has 1 aliphatic heterocycles. The van der Waals surface area contributed by atoms with Crippen molar-refractivity contribution in [1.29, 1.82) is 0 Å². The highest BCUT2D eigenvalue weighted by molar-refractivity contribution is 6.52. The summed E-state index contributed by atoms with van der Waals surface area (Å²) in [7, 11) is 0. The van der Waals surface area contributed by atoms with Crippen molar-refractivity contribution in [3.05, 3.63) is 47.3 Å². The molecular weight excluding hydrogens is 273 g/mol. The zero-order chi connectivity index (χ0) is 15.1. The van der Waals surface area contributed by atoms with Crippen molar-refractivity contribution in [2.24, 2.45) is 0 Å². The molecule has 6 heteroatoms. The Hall–Kier alpha value is -2.50. The summed E-state index contributed by atoms with van der Waals surface area (Å²) < 4.78 is 15.3. The zero-order valence-electron chi connectivity index (χ0n) is 11.8. The molecule has 0 fully saturated rings. The molecule has 3 rings (SSSR count). The normalized spacial score (nSPS) is 14.0. The fraction of sp³-hybridized carbons (Fsp3) is 0.267. The number of ketones is 1. The Morgan fingerprint density at radius 1 is 1.29 bits per heavy atom. The molecule has 0 aliphatic carbocycles. The summed E-state index contributed by atoms with van der Waals surface area (Å²) in [4.78, 5) is 29.6. The minimum absolute atomic E-state index is 0.139. The molecule has 2 heterocycles. The Balaban J connectivity index is 2.06. The Kier molecular flexibility index (Phi) is 3.08. The van der Waals surface area contributed by atoms with Gasteiger partial charge in [0.05, 0.1) is 29.8 Å². The van der Waals surface area contributed by atoms with E-state index in [1.807, 2.05) is 11.5 Å². The van der Waals surface area contributed by atoms with Crippen molar-refractivity contribution in [3.63, 3.8) is 0 Å². The number of anilines is 1. The molecule has 0 N–H and O–H groups in total. The molecule has 0 bridgehead atoms. The summed E-state index contributed by atoms with van der Waals surface area (Å²) in [6.45, 7) is 4.63. The predicted molar refractivity (Wildman–Crippen MR) is 74.6 cm³/mol. The van der Waals surface area contributed by atoms with Gasteiger partial charge in [0.15, 0.2) is 0 Å². The third kappa shape index (κ3) is 2.03. The van der Waals surface area contributed by atoms with Crippen LogP contribution in [0.15, 0.2) is 24.7 Å². The fourth-order valence-electron chi connectivity index (χ4n) is 2.68. The first-order chi connectivity index (χ1) is 10.0. The van der Waals surface area contributed by atoms with Crippen LogP contribution < -0.4 is 4.90 Å². The number of amides is 1. The van der Waals surface area contributed by atoms with Gasteiger partial charge in [-0.25, -0.2) is 9.37 Å². The standard InChI is InChI=1S/C15H14FN3O2/c1-3-18-8-17-6-11(18)7-19-13-9(2)4-10(16)5-12(13)14(20)15(19)21/h4-6,8H,3,7H2,1-2H3. The smallest absolute Gasteiger partial charge is 0.299 e. The maximum Gasteiger partial charge on any atom is 0.299 e. The quantitative estimate of drug-likeness (QED) is 0.812. The van der Waals surface area contributed by atoms with E-state index in [1.54, 1.807) is 19.4 Å². The van der Waals surface area contributed by atoms with Crippen LogP contribution in [0.5, 0.6) is 0 Å². The summed E-state index contributed by atoms with van der Waals surface area (Å²) in [6, 6.07) is 2.45. The van der Waals surface area contributed by atoms with Crippen LogP contribution in [0.3, 0.4) is 0 Å². The highest BCUT2D eigenvalue weighted by atomic mass is 19.1. The van der Waals surface area contributed by atoms with Gasteiger partial charge < -0.3 is 4.57 Å². The summed E-state index contributed by atoms with van der Waals surface area (Å²) in [5.74, 6) is -1.79. The molecule has 0 atom stereocenters. The van der Waals surface area contributed by atoms with Crippen LogP contribution >= 0.6 is 0 Å². The minimum Gasteiger partial charge on any atom is -0.333 e. The molecule has 0 saturated carbocycles. The van der Waals surface area contributed by atoms with Gasteiger partial charge in [0, 0.05) is 12.7 Å². The number of aryl methyl sites for hydroxylation is 2. The molecular formula is C15H14FN3O2. The molecule has 5 nitrogen and oxygen atoms in total. The van der Waals surface area contributed by atoms with Crippen LogP contribution in [0.25, 0.3) is 0 Å². The number of carbonyl (C=O) groups is 2. The third-order valence-electron chi connectivity index (χ3n) is 3.68. The number of Topliss-reactive ketones (excluding diaryl/α,β-unsaturated/α-hetero) is 1. The SMILES string of the molecule is CCn1cncc1CN1C(=O)C(=O)c2cc(F)cc(C)c21. The fourth-order valence-corrected chi connectivity index (χ4v) is 2.68. The highest BCUT2D eigenvalue weighted by Crippen LogP contribution is 2.34. The second-order valence-electron chi connectivity index (χ2n) is 5.01. The van der Waals surface area contributed by atoms with Crippen LogP contribution in [0.2, 0.25) is 0 Å². The number of nitrogens with zero attached hydrogens (tertiary/aromatic N) is 3. The van der Waals surface area contributed by atoms with E-state index >= 15 is 0 Å². The monoisotopic (exact) mass is 287 g/mol. The molecule has 0 unspecified atom stereocenters. The van der Waals surface area contributed by atoms with Crippen LogP contribution in [0.1, 0.15) is 28.5 Å². The molecule has 1 aromatic heterocycles. The molecule has 2 aromatic rings. The van der Waals surface area contributed by atoms with Crippen LogP contribution in [-0.2, 0) is 17.9 Å². The Labute approximate surface area is 121 Å². The summed E-state index contributed by atoms with van der Waals surface area (Å²) in [5, 5.41) is 0. The van der Waals surface area contributed by atoms with E-state index in [1.165, 1.54) is 11.0 Å². The van der Waals surface area contributed by atoms with E-state index in [9.17, 15) is 14.0 Å². The van der Waals surface area contributed by atoms with Crippen LogP contribution in [0.4, 0.5) is 10.1 Å². The van der Waals surface area contributed by atoms with E-state index < -0.39 is 17.5 Å². The lowest BCUT2D eigenvalue weighted by molar-refractivity contribution is -0.114. The molecule has 1 aliphatic rings. The number of carbonyl (C=O) groups excluding carboxylic acids is 2. The number of imidazole rings is 1. The molecule has 0 saturated heterocycles. The third-order valence-corrected chi connectivity index (χ3v) is 3.68. The van der Waals surface area contributed by atoms with Gasteiger partial charge >= 0.3 is 0 Å². The second-order valence-corrected chi connectivity index (χ2v) is 5.01. The van der Waals surface area contributed by atoms with Crippen molar-refractivity contribution < 1.29 is 14.0 Å². The lowest BCUT2D eigenvalue weighted by Crippen LogP contribution is -2.30. The van der Waals surface area contributed by atoms with Crippen molar-refractivity contribution in [1.82, 2.24) is 9.55 Å². The number of hydrogen-bond acceptors (Lipinski definition) is 3. The average Bonchev–Trinajstić information content (AvgIpc) is 2.98. The highest BCUT2D eigenvalue weighted by Gasteiger charge is 2.37. The van der Waals surface area contributed by atoms with Crippen LogP contribution in [0, 0.1) is 12.7 Å². The number of rotatable bonds is 3. The Bertz CT molecular complexity index is 751. The van der Waals surface area contributed by atoms with E-state index in [-0.39, 0.29) is 12.1 Å². The van der Waals surface area contributed by atoms with E-state index in [4.69, 9.17) is 0 Å². The Morgan fingerprint density at radius 2 is 2.05 bits per heavy atom. The van der Waals surface area contributed by atoms with E-state index in [0.29, 0.717) is 11.3 Å². The van der Waals surface area contributed by atoms with Gasteiger partial charge in [0.2, 0.25) is 0 Å². The van der Waals surface area contributed by atoms with Crippen molar-refractivity contribution in [2.75, 3.05) is 4.90 Å². The van der Waals surface area contributed by atoms with Gasteiger partial charge in [-0.05, 0) is 31.5 Å². The van der Waals surface area contributed by atoms with Gasteiger partial charge in [-0.2, -0.15) is 0 Å². The molecule has 0 radical (unpaired) electrons. The van der Waals surface area contributed by atoms with Gasteiger partial charge in [-0.15, -0.1) is 0 Å². The first-order valence-electron chi connectivity index (χ1n) is 6.68. The molecule has 1 aromatic carbocycles. The molecule has 21 heavy (non-hydrogen) atoms.